The molecule has 2 aromatic rings. The molecule has 4 heteroatoms. The Kier molecular flexibility index (Phi) is 4.24. The normalized spacial score (nSPS) is 9.47. The van der Waals surface area contributed by atoms with Crippen LogP contribution in [-0.4, -0.2) is 5.91 Å². The van der Waals surface area contributed by atoms with Crippen molar-refractivity contribution in [2.45, 2.75) is 0 Å². The Morgan fingerprint density at radius 3 is 1.71 bits per heavy atom. The molecule has 0 saturated heterocycles. The first-order valence-corrected chi connectivity index (χ1v) is 4.82. The third-order valence-electron chi connectivity index (χ3n) is 2.35. The van der Waals surface area contributed by atoms with Gasteiger partial charge in [0.05, 0.1) is 0 Å². The van der Waals surface area contributed by atoms with Gasteiger partial charge in [-0.15, -0.1) is 12.4 Å². The fourth-order valence-electron chi connectivity index (χ4n) is 1.47. The molecular weight excluding hydrogens is 241 g/mol. The van der Waals surface area contributed by atoms with Crippen LogP contribution in [-0.2, 0) is 0 Å². The summed E-state index contributed by atoms with van der Waals surface area (Å²) in [5.41, 5.74) is 7.42. The zero-order valence-corrected chi connectivity index (χ0v) is 9.71. The molecule has 0 unspecified atom stereocenters. The highest BCUT2D eigenvalue weighted by atomic mass is 35.5. The molecule has 0 fully saturated rings. The standard InChI is InChI=1S/C13H10FNO.ClH/c14-12-7-5-10(6-8-12)9-1-3-11(4-2-9)13(15)16;/h1-8H,(H2,15,16);1H. The van der Waals surface area contributed by atoms with Crippen molar-refractivity contribution in [3.05, 3.63) is 59.9 Å². The average Bonchev–Trinajstić information content (AvgIpc) is 2.30. The fourth-order valence-corrected chi connectivity index (χ4v) is 1.47. The Hall–Kier alpha value is -1.87. The highest BCUT2D eigenvalue weighted by Crippen LogP contribution is 2.19. The van der Waals surface area contributed by atoms with E-state index in [2.05, 4.69) is 0 Å². The predicted octanol–water partition coefficient (Wildman–Crippen LogP) is 3.01. The molecule has 0 aliphatic rings. The molecular formula is C13H11ClFNO. The minimum absolute atomic E-state index is 0. The van der Waals surface area contributed by atoms with Crippen molar-refractivity contribution in [1.82, 2.24) is 0 Å². The van der Waals surface area contributed by atoms with Gasteiger partial charge < -0.3 is 5.73 Å². The summed E-state index contributed by atoms with van der Waals surface area (Å²) >= 11 is 0. The summed E-state index contributed by atoms with van der Waals surface area (Å²) in [7, 11) is 0. The van der Waals surface area contributed by atoms with Gasteiger partial charge in [0, 0.05) is 5.56 Å². The lowest BCUT2D eigenvalue weighted by Crippen LogP contribution is -2.10. The van der Waals surface area contributed by atoms with E-state index in [9.17, 15) is 9.18 Å². The zero-order valence-electron chi connectivity index (χ0n) is 8.89. The number of amides is 1. The van der Waals surface area contributed by atoms with Crippen LogP contribution in [0.2, 0.25) is 0 Å². The summed E-state index contributed by atoms with van der Waals surface area (Å²) in [6.45, 7) is 0. The third kappa shape index (κ3) is 3.04. The van der Waals surface area contributed by atoms with E-state index < -0.39 is 5.91 Å². The van der Waals surface area contributed by atoms with Crippen LogP contribution in [0.15, 0.2) is 48.5 Å². The van der Waals surface area contributed by atoms with E-state index in [0.29, 0.717) is 5.56 Å². The fraction of sp³-hybridized carbons (Fsp3) is 0. The van der Waals surface area contributed by atoms with E-state index in [-0.39, 0.29) is 18.2 Å². The smallest absolute Gasteiger partial charge is 0.248 e. The van der Waals surface area contributed by atoms with Crippen LogP contribution in [0.5, 0.6) is 0 Å². The monoisotopic (exact) mass is 251 g/mol. The summed E-state index contributed by atoms with van der Waals surface area (Å²) < 4.78 is 12.7. The molecule has 2 nitrogen and oxygen atoms in total. The molecule has 1 amide bonds. The van der Waals surface area contributed by atoms with E-state index in [1.54, 1.807) is 36.4 Å². The summed E-state index contributed by atoms with van der Waals surface area (Å²) in [5, 5.41) is 0. The van der Waals surface area contributed by atoms with Gasteiger partial charge >= 0.3 is 0 Å². The van der Waals surface area contributed by atoms with Crippen molar-refractivity contribution in [3.8, 4) is 11.1 Å². The van der Waals surface area contributed by atoms with Crippen molar-refractivity contribution in [2.75, 3.05) is 0 Å². The highest BCUT2D eigenvalue weighted by molar-refractivity contribution is 5.93. The first-order chi connectivity index (χ1) is 7.66. The molecule has 17 heavy (non-hydrogen) atoms. The van der Waals surface area contributed by atoms with Gasteiger partial charge in [0.2, 0.25) is 5.91 Å². The largest absolute Gasteiger partial charge is 0.366 e. The molecule has 0 bridgehead atoms. The van der Waals surface area contributed by atoms with Crippen molar-refractivity contribution in [2.24, 2.45) is 5.73 Å². The molecule has 0 spiro atoms. The summed E-state index contributed by atoms with van der Waals surface area (Å²) in [5.74, 6) is -0.719. The molecule has 88 valence electrons. The number of rotatable bonds is 2. The lowest BCUT2D eigenvalue weighted by molar-refractivity contribution is 0.100. The van der Waals surface area contributed by atoms with Crippen molar-refractivity contribution >= 4 is 18.3 Å². The zero-order chi connectivity index (χ0) is 11.5. The number of primary amides is 1. The molecule has 0 atom stereocenters. The number of carbonyl (C=O) groups is 1. The Morgan fingerprint density at radius 2 is 1.29 bits per heavy atom. The molecule has 0 aromatic heterocycles. The van der Waals surface area contributed by atoms with Gasteiger partial charge in [-0.25, -0.2) is 4.39 Å². The van der Waals surface area contributed by atoms with Gasteiger partial charge in [0.15, 0.2) is 0 Å². The molecule has 2 rings (SSSR count). The van der Waals surface area contributed by atoms with Crippen LogP contribution in [0, 0.1) is 5.82 Å². The molecule has 0 heterocycles. The van der Waals surface area contributed by atoms with E-state index in [0.717, 1.165) is 11.1 Å². The number of hydrogen-bond donors (Lipinski definition) is 1. The number of nitrogens with two attached hydrogens (primary N) is 1. The molecule has 2 aromatic carbocycles. The summed E-state index contributed by atoms with van der Waals surface area (Å²) in [6, 6.07) is 13.1. The topological polar surface area (TPSA) is 43.1 Å². The maximum atomic E-state index is 12.7. The molecule has 0 aliphatic heterocycles. The van der Waals surface area contributed by atoms with E-state index in [1.165, 1.54) is 12.1 Å². The van der Waals surface area contributed by atoms with Gasteiger partial charge in [-0.1, -0.05) is 24.3 Å². The number of benzene rings is 2. The first-order valence-electron chi connectivity index (χ1n) is 4.82. The minimum Gasteiger partial charge on any atom is -0.366 e. The SMILES string of the molecule is Cl.NC(=O)c1ccc(-c2ccc(F)cc2)cc1. The number of carbonyl (C=O) groups excluding carboxylic acids is 1. The van der Waals surface area contributed by atoms with Crippen LogP contribution < -0.4 is 5.73 Å². The van der Waals surface area contributed by atoms with E-state index >= 15 is 0 Å². The lowest BCUT2D eigenvalue weighted by Gasteiger charge is -2.02. The van der Waals surface area contributed by atoms with Gasteiger partial charge in [-0.3, -0.25) is 4.79 Å². The molecule has 0 saturated carbocycles. The highest BCUT2D eigenvalue weighted by Gasteiger charge is 2.01. The van der Waals surface area contributed by atoms with Crippen LogP contribution >= 0.6 is 12.4 Å². The Labute approximate surface area is 105 Å². The van der Waals surface area contributed by atoms with Crippen molar-refractivity contribution in [1.29, 1.82) is 0 Å². The second-order valence-electron chi connectivity index (χ2n) is 3.45. The first kappa shape index (κ1) is 13.2. The maximum Gasteiger partial charge on any atom is 0.248 e. The van der Waals surface area contributed by atoms with Gasteiger partial charge in [-0.05, 0) is 35.4 Å². The van der Waals surface area contributed by atoms with Crippen molar-refractivity contribution in [3.63, 3.8) is 0 Å². The number of hydrogen-bond acceptors (Lipinski definition) is 1. The summed E-state index contributed by atoms with van der Waals surface area (Å²) in [6.07, 6.45) is 0. The maximum absolute atomic E-state index is 12.7. The predicted molar refractivity (Wildman–Crippen MR) is 67.6 cm³/mol. The third-order valence-corrected chi connectivity index (χ3v) is 2.35. The Morgan fingerprint density at radius 1 is 0.882 bits per heavy atom. The van der Waals surface area contributed by atoms with Gasteiger partial charge in [-0.2, -0.15) is 0 Å². The second kappa shape index (κ2) is 5.46. The molecule has 2 N–H and O–H groups in total. The summed E-state index contributed by atoms with van der Waals surface area (Å²) in [4.78, 5) is 10.9. The second-order valence-corrected chi connectivity index (χ2v) is 3.45. The number of halogens is 2. The van der Waals surface area contributed by atoms with Gasteiger partial charge in [0.25, 0.3) is 0 Å². The van der Waals surface area contributed by atoms with Gasteiger partial charge in [0.1, 0.15) is 5.82 Å². The molecule has 0 radical (unpaired) electrons. The Balaban J connectivity index is 0.00000144. The quantitative estimate of drug-likeness (QED) is 0.876. The van der Waals surface area contributed by atoms with Crippen LogP contribution in [0.4, 0.5) is 4.39 Å². The van der Waals surface area contributed by atoms with Crippen LogP contribution in [0.3, 0.4) is 0 Å². The van der Waals surface area contributed by atoms with Crippen molar-refractivity contribution < 1.29 is 9.18 Å². The minimum atomic E-state index is -0.453. The molecule has 0 aliphatic carbocycles. The van der Waals surface area contributed by atoms with Crippen LogP contribution in [0.1, 0.15) is 10.4 Å². The van der Waals surface area contributed by atoms with Crippen LogP contribution in [0.25, 0.3) is 11.1 Å². The Bertz CT molecular complexity index is 508. The average molecular weight is 252 g/mol. The van der Waals surface area contributed by atoms with E-state index in [1.807, 2.05) is 0 Å². The van der Waals surface area contributed by atoms with E-state index in [4.69, 9.17) is 5.73 Å². The lowest BCUT2D eigenvalue weighted by atomic mass is 10.0.